The first-order valence-electron chi connectivity index (χ1n) is 8.69. The van der Waals surface area contributed by atoms with E-state index in [1.165, 1.54) is 6.07 Å². The zero-order valence-electron chi connectivity index (χ0n) is 13.8. The Labute approximate surface area is 141 Å². The molecular formula is C18H24F2N2O2. The van der Waals surface area contributed by atoms with E-state index in [0.29, 0.717) is 19.6 Å². The van der Waals surface area contributed by atoms with Crippen LogP contribution in [0.4, 0.5) is 8.78 Å². The fourth-order valence-electron chi connectivity index (χ4n) is 3.67. The molecule has 0 bridgehead atoms. The second-order valence-corrected chi connectivity index (χ2v) is 6.79. The molecule has 1 unspecified atom stereocenters. The van der Waals surface area contributed by atoms with Gasteiger partial charge in [-0.3, -0.25) is 4.79 Å². The molecule has 6 heteroatoms. The van der Waals surface area contributed by atoms with Crippen LogP contribution in [-0.2, 0) is 4.79 Å². The number of likely N-dealkylation sites (tertiary alicyclic amines) is 2. The Kier molecular flexibility index (Phi) is 5.46. The van der Waals surface area contributed by atoms with Crippen LogP contribution >= 0.6 is 0 Å². The van der Waals surface area contributed by atoms with Crippen molar-refractivity contribution in [3.63, 3.8) is 0 Å². The summed E-state index contributed by atoms with van der Waals surface area (Å²) >= 11 is 0. The van der Waals surface area contributed by atoms with E-state index in [-0.39, 0.29) is 17.4 Å². The molecule has 0 saturated carbocycles. The third-order valence-corrected chi connectivity index (χ3v) is 5.11. The van der Waals surface area contributed by atoms with Crippen LogP contribution < -0.4 is 0 Å². The lowest BCUT2D eigenvalue weighted by Gasteiger charge is -2.34. The number of aliphatic hydroxyl groups is 1. The van der Waals surface area contributed by atoms with E-state index >= 15 is 0 Å². The van der Waals surface area contributed by atoms with E-state index < -0.39 is 17.7 Å². The highest BCUT2D eigenvalue weighted by Crippen LogP contribution is 2.25. The molecule has 2 saturated heterocycles. The fraction of sp³-hybridized carbons (Fsp3) is 0.611. The number of carbonyl (C=O) groups excluding carboxylic acids is 1. The van der Waals surface area contributed by atoms with Gasteiger partial charge in [0.1, 0.15) is 11.6 Å². The van der Waals surface area contributed by atoms with Gasteiger partial charge in [0.05, 0.1) is 6.10 Å². The highest BCUT2D eigenvalue weighted by Gasteiger charge is 2.30. The van der Waals surface area contributed by atoms with Crippen molar-refractivity contribution in [2.45, 2.75) is 31.8 Å². The summed E-state index contributed by atoms with van der Waals surface area (Å²) in [5.41, 5.74) is 0.117. The normalized spacial score (nSPS) is 21.2. The molecule has 1 atom stereocenters. The minimum atomic E-state index is -0.989. The Hall–Kier alpha value is -1.53. The van der Waals surface area contributed by atoms with Gasteiger partial charge in [0.25, 0.3) is 0 Å². The Morgan fingerprint density at radius 1 is 1.17 bits per heavy atom. The molecule has 3 rings (SSSR count). The van der Waals surface area contributed by atoms with Crippen LogP contribution in [0.1, 0.15) is 37.4 Å². The average molecular weight is 338 g/mol. The van der Waals surface area contributed by atoms with Gasteiger partial charge in [-0.2, -0.15) is 0 Å². The van der Waals surface area contributed by atoms with E-state index in [1.54, 1.807) is 0 Å². The monoisotopic (exact) mass is 338 g/mol. The quantitative estimate of drug-likeness (QED) is 0.916. The molecule has 2 fully saturated rings. The van der Waals surface area contributed by atoms with E-state index in [2.05, 4.69) is 0 Å². The minimum absolute atomic E-state index is 0.0686. The first kappa shape index (κ1) is 17.3. The fourth-order valence-corrected chi connectivity index (χ4v) is 3.67. The number of nitrogens with zero attached hydrogens (tertiary/aromatic N) is 2. The van der Waals surface area contributed by atoms with Crippen LogP contribution in [0, 0.1) is 17.6 Å². The van der Waals surface area contributed by atoms with E-state index in [1.807, 2.05) is 9.80 Å². The van der Waals surface area contributed by atoms with Gasteiger partial charge in [0.15, 0.2) is 0 Å². The van der Waals surface area contributed by atoms with Gasteiger partial charge >= 0.3 is 0 Å². The van der Waals surface area contributed by atoms with Crippen LogP contribution in [0.5, 0.6) is 0 Å². The van der Waals surface area contributed by atoms with Gasteiger partial charge in [-0.25, -0.2) is 8.78 Å². The molecule has 0 spiro atoms. The summed E-state index contributed by atoms with van der Waals surface area (Å²) in [5.74, 6) is -1.04. The van der Waals surface area contributed by atoms with Crippen molar-refractivity contribution < 1.29 is 18.7 Å². The molecule has 0 aliphatic carbocycles. The largest absolute Gasteiger partial charge is 0.387 e. The summed E-state index contributed by atoms with van der Waals surface area (Å²) < 4.78 is 26.7. The molecule has 132 valence electrons. The number of hydrogen-bond donors (Lipinski definition) is 1. The smallest absolute Gasteiger partial charge is 0.225 e. The van der Waals surface area contributed by atoms with Crippen molar-refractivity contribution in [3.8, 4) is 0 Å². The Balaban J connectivity index is 1.50. The molecule has 2 aliphatic rings. The summed E-state index contributed by atoms with van der Waals surface area (Å²) in [6.45, 7) is 3.48. The van der Waals surface area contributed by atoms with E-state index in [9.17, 15) is 18.7 Å². The standard InChI is InChI=1S/C18H24F2N2O2/c19-14-3-4-15(16(20)11-14)17(23)12-21-9-5-13(6-10-21)18(24)22-7-1-2-8-22/h3-4,11,13,17,23H,1-2,5-10,12H2. The molecule has 1 amide bonds. The summed E-state index contributed by atoms with van der Waals surface area (Å²) in [7, 11) is 0. The predicted octanol–water partition coefficient (Wildman–Crippen LogP) is 2.33. The first-order valence-corrected chi connectivity index (χ1v) is 8.69. The summed E-state index contributed by atoms with van der Waals surface area (Å²) in [5, 5.41) is 10.2. The molecule has 1 N–H and O–H groups in total. The topological polar surface area (TPSA) is 43.8 Å². The van der Waals surface area contributed by atoms with Crippen molar-refractivity contribution in [1.82, 2.24) is 9.80 Å². The Morgan fingerprint density at radius 2 is 1.83 bits per heavy atom. The molecule has 0 aromatic heterocycles. The molecular weight excluding hydrogens is 314 g/mol. The van der Waals surface area contributed by atoms with Gasteiger partial charge in [-0.15, -0.1) is 0 Å². The summed E-state index contributed by atoms with van der Waals surface area (Å²) in [6.07, 6.45) is 2.75. The molecule has 2 heterocycles. The lowest BCUT2D eigenvalue weighted by atomic mass is 9.94. The third-order valence-electron chi connectivity index (χ3n) is 5.11. The first-order chi connectivity index (χ1) is 11.5. The molecule has 0 radical (unpaired) electrons. The molecule has 1 aromatic carbocycles. The third kappa shape index (κ3) is 3.92. The zero-order chi connectivity index (χ0) is 17.1. The van der Waals surface area contributed by atoms with Crippen LogP contribution in [0.15, 0.2) is 18.2 Å². The lowest BCUT2D eigenvalue weighted by molar-refractivity contribution is -0.136. The molecule has 4 nitrogen and oxygen atoms in total. The second-order valence-electron chi connectivity index (χ2n) is 6.79. The van der Waals surface area contributed by atoms with Crippen LogP contribution in [-0.4, -0.2) is 53.5 Å². The molecule has 24 heavy (non-hydrogen) atoms. The number of benzene rings is 1. The van der Waals surface area contributed by atoms with Crippen molar-refractivity contribution in [2.75, 3.05) is 32.7 Å². The summed E-state index contributed by atoms with van der Waals surface area (Å²) in [6, 6.07) is 3.24. The van der Waals surface area contributed by atoms with Crippen LogP contribution in [0.2, 0.25) is 0 Å². The molecule has 1 aromatic rings. The van der Waals surface area contributed by atoms with Crippen LogP contribution in [0.25, 0.3) is 0 Å². The van der Waals surface area contributed by atoms with Crippen molar-refractivity contribution >= 4 is 5.91 Å². The number of aliphatic hydroxyl groups excluding tert-OH is 1. The number of rotatable bonds is 4. The van der Waals surface area contributed by atoms with Crippen molar-refractivity contribution in [3.05, 3.63) is 35.4 Å². The highest BCUT2D eigenvalue weighted by atomic mass is 19.1. The number of amides is 1. The maximum atomic E-state index is 13.7. The van der Waals surface area contributed by atoms with Gasteiger partial charge in [0, 0.05) is 37.2 Å². The second kappa shape index (κ2) is 7.57. The maximum Gasteiger partial charge on any atom is 0.225 e. The van der Waals surface area contributed by atoms with E-state index in [0.717, 1.165) is 50.9 Å². The number of piperidine rings is 1. The van der Waals surface area contributed by atoms with Gasteiger partial charge < -0.3 is 14.9 Å². The SMILES string of the molecule is O=C(C1CCN(CC(O)c2ccc(F)cc2F)CC1)N1CCCC1. The lowest BCUT2D eigenvalue weighted by Crippen LogP contribution is -2.42. The zero-order valence-corrected chi connectivity index (χ0v) is 13.8. The maximum absolute atomic E-state index is 13.7. The average Bonchev–Trinajstić information content (AvgIpc) is 3.09. The number of β-amino-alcohol motifs (C(OH)–C–C–N with tert-alkyl or cyclic N) is 1. The summed E-state index contributed by atoms with van der Waals surface area (Å²) in [4.78, 5) is 16.4. The van der Waals surface area contributed by atoms with Crippen LogP contribution in [0.3, 0.4) is 0 Å². The van der Waals surface area contributed by atoms with Gasteiger partial charge in [-0.05, 0) is 44.8 Å². The van der Waals surface area contributed by atoms with Crippen molar-refractivity contribution in [1.29, 1.82) is 0 Å². The van der Waals surface area contributed by atoms with E-state index in [4.69, 9.17) is 0 Å². The van der Waals surface area contributed by atoms with Crippen molar-refractivity contribution in [2.24, 2.45) is 5.92 Å². The number of halogens is 2. The predicted molar refractivity (Wildman–Crippen MR) is 86.3 cm³/mol. The highest BCUT2D eigenvalue weighted by molar-refractivity contribution is 5.79. The number of hydrogen-bond acceptors (Lipinski definition) is 3. The Bertz CT molecular complexity index is 582. The van der Waals surface area contributed by atoms with Gasteiger partial charge in [-0.1, -0.05) is 6.07 Å². The molecule has 2 aliphatic heterocycles. The van der Waals surface area contributed by atoms with Gasteiger partial charge in [0.2, 0.25) is 5.91 Å². The Morgan fingerprint density at radius 3 is 2.46 bits per heavy atom. The number of carbonyl (C=O) groups is 1. The minimum Gasteiger partial charge on any atom is -0.387 e.